The molecule has 0 unspecified atom stereocenters. The van der Waals surface area contributed by atoms with Crippen molar-refractivity contribution < 1.29 is 47.8 Å². The molecule has 2 fully saturated rings. The molecule has 2 aliphatic rings. The van der Waals surface area contributed by atoms with Crippen LogP contribution < -0.4 is 41.0 Å². The molecule has 0 atom stereocenters. The molecular formula is C108H153N23O10. The van der Waals surface area contributed by atoms with Gasteiger partial charge in [0.15, 0.2) is 0 Å². The zero-order valence-corrected chi connectivity index (χ0v) is 86.8. The van der Waals surface area contributed by atoms with E-state index < -0.39 is 42.6 Å². The van der Waals surface area contributed by atoms with Crippen molar-refractivity contribution in [3.8, 4) is 56.5 Å². The number of amides is 8. The Morgan fingerprint density at radius 2 is 0.759 bits per heavy atom. The number of primary amides is 1. The summed E-state index contributed by atoms with van der Waals surface area (Å²) in [6.07, 6.45) is 8.16. The molecule has 33 nitrogen and oxygen atoms in total. The summed E-state index contributed by atoms with van der Waals surface area (Å²) in [6, 6.07) is 39.3. The molecule has 12 rings (SSSR count). The maximum absolute atomic E-state index is 14.3. The largest absolute Gasteiger partial charge is 0.493 e. The fourth-order valence-electron chi connectivity index (χ4n) is 17.9. The lowest BCUT2D eigenvalue weighted by Crippen LogP contribution is -2.51. The normalized spacial score (nSPS) is 13.5. The molecule has 7 N–H and O–H groups in total. The molecule has 2 aliphatic heterocycles. The number of nitrogens with two attached hydrogens (primary N) is 1. The fourth-order valence-corrected chi connectivity index (χ4v) is 17.9. The van der Waals surface area contributed by atoms with Crippen molar-refractivity contribution in [2.75, 3.05) is 168 Å². The molecular weight excluding hydrogens is 1780 g/mol. The lowest BCUT2D eigenvalue weighted by atomic mass is 9.78. The first-order valence-electron chi connectivity index (χ1n) is 50.6. The van der Waals surface area contributed by atoms with Gasteiger partial charge in [0.05, 0.1) is 93.0 Å². The Morgan fingerprint density at radius 3 is 1.12 bits per heavy atom. The van der Waals surface area contributed by atoms with Gasteiger partial charge in [0, 0.05) is 175 Å². The van der Waals surface area contributed by atoms with Gasteiger partial charge in [-0.2, -0.15) is 0 Å². The number of hydrogen-bond donors (Lipinski definition) is 6. The van der Waals surface area contributed by atoms with Gasteiger partial charge in [-0.1, -0.05) is 158 Å². The van der Waals surface area contributed by atoms with E-state index in [1.165, 1.54) is 35.9 Å². The van der Waals surface area contributed by atoms with Crippen molar-refractivity contribution in [2.24, 2.45) is 5.73 Å². The van der Waals surface area contributed by atoms with E-state index in [2.05, 4.69) is 273 Å². The van der Waals surface area contributed by atoms with E-state index in [0.29, 0.717) is 109 Å². The van der Waals surface area contributed by atoms with Gasteiger partial charge in [-0.3, -0.25) is 47.7 Å². The van der Waals surface area contributed by atoms with Crippen LogP contribution in [0.4, 0.5) is 11.4 Å². The molecule has 8 amide bonds. The lowest BCUT2D eigenvalue weighted by Gasteiger charge is -2.34. The van der Waals surface area contributed by atoms with E-state index in [0.717, 1.165) is 153 Å². The van der Waals surface area contributed by atoms with Crippen LogP contribution in [-0.2, 0) is 86.2 Å². The first kappa shape index (κ1) is 107. The van der Waals surface area contributed by atoms with Gasteiger partial charge in [-0.25, -0.2) is 9.97 Å². The number of aryl methyl sites for hydroxylation is 2. The number of rotatable bonds is 48. The number of fused-ring (bicyclic) bond motifs is 2. The predicted octanol–water partition coefficient (Wildman–Crippen LogP) is 13.3. The monoisotopic (exact) mass is 1930 g/mol. The molecule has 4 aromatic heterocycles. The average molecular weight is 1930 g/mol. The van der Waals surface area contributed by atoms with Gasteiger partial charge in [-0.15, -0.1) is 10.2 Å². The van der Waals surface area contributed by atoms with Crippen LogP contribution in [0.1, 0.15) is 209 Å². The van der Waals surface area contributed by atoms with Crippen molar-refractivity contribution in [3.63, 3.8) is 0 Å². The number of likely N-dealkylation sites (N-methyl/N-ethyl adjacent to an activating group) is 2. The summed E-state index contributed by atoms with van der Waals surface area (Å²) in [6.45, 7) is 43.4. The molecule has 760 valence electrons. The molecule has 33 heteroatoms. The van der Waals surface area contributed by atoms with Crippen LogP contribution in [0.2, 0.25) is 0 Å². The second-order valence-corrected chi connectivity index (χ2v) is 41.9. The molecule has 0 radical (unpaired) electrons. The molecule has 10 aromatic rings. The highest BCUT2D eigenvalue weighted by atomic mass is 16.5. The Morgan fingerprint density at radius 1 is 0.411 bits per heavy atom. The van der Waals surface area contributed by atoms with E-state index in [-0.39, 0.29) is 111 Å². The second kappa shape index (κ2) is 49.2. The summed E-state index contributed by atoms with van der Waals surface area (Å²) in [5, 5.41) is 26.3. The summed E-state index contributed by atoms with van der Waals surface area (Å²) in [5.41, 5.74) is 22.5. The third-order valence-electron chi connectivity index (χ3n) is 25.9. The zero-order valence-electron chi connectivity index (χ0n) is 86.8. The first-order chi connectivity index (χ1) is 67.2. The summed E-state index contributed by atoms with van der Waals surface area (Å²) in [5.74, 6) is -0.0385. The number of nitrogens with one attached hydrogen (secondary N) is 5. The Balaban J connectivity index is 0.546. The molecule has 0 saturated carbocycles. The quantitative estimate of drug-likeness (QED) is 0.0193. The summed E-state index contributed by atoms with van der Waals surface area (Å²) in [7, 11) is 4.35. The number of carbonyl (C=O) groups is 8. The van der Waals surface area contributed by atoms with Gasteiger partial charge in [0.2, 0.25) is 47.3 Å². The third kappa shape index (κ3) is 30.2. The highest BCUT2D eigenvalue weighted by molar-refractivity contribution is 5.93. The standard InChI is InChI=1S/C108H153N23O10/c1-19-43-125(96(135)66-110-65-81-68-130(119-117-81)47-25-41-111-94(133)27-23-57-140-101-85(105(5,6)7)59-79(60-86(101)106(8,9)10)103-113-89-39-33-77(63-91(89)115-103)75-29-35-83(36-30-75)123-53-49-121(17)50-54-123)71-97(136)126(44-20-2)72-98(137)127(45-21-3)73-99(138)128(46-22-4)74-100(139)129(70-93(109)132)67-82-69-131(120-118-82)48-26-42-112-95(134)28-24-58-141-102-87(107(11,12)13)61-80(62-88(102)108(14,15)16)104-114-90-40-34-78(64-92(90)116-104)76-31-37-84(38-32-76)124-55-51-122(18)52-56-124/h29-40,59-64,68-69,110H,19-28,41-58,65-67,70-74H2,1-18H3,(H2,109,132)(H,111,133)(H,112,134)(H,113,115)(H,114,116). The first-order valence-corrected chi connectivity index (χ1v) is 50.6. The third-order valence-corrected chi connectivity index (χ3v) is 25.9. The van der Waals surface area contributed by atoms with Crippen molar-refractivity contribution in [1.29, 1.82) is 0 Å². The van der Waals surface area contributed by atoms with Gasteiger partial charge >= 0.3 is 0 Å². The summed E-state index contributed by atoms with van der Waals surface area (Å²) in [4.78, 5) is 144. The van der Waals surface area contributed by atoms with E-state index in [9.17, 15) is 38.4 Å². The number of carbonyl (C=O) groups excluding carboxylic acids is 8. The van der Waals surface area contributed by atoms with E-state index >= 15 is 0 Å². The number of nitrogens with zero attached hydrogens (tertiary/aromatic N) is 17. The number of imidazole rings is 2. The van der Waals surface area contributed by atoms with Crippen LogP contribution in [-0.4, -0.2) is 290 Å². The smallest absolute Gasteiger partial charge is 0.243 e. The molecule has 0 spiro atoms. The number of anilines is 2. The number of benzene rings is 6. The predicted molar refractivity (Wildman–Crippen MR) is 557 cm³/mol. The van der Waals surface area contributed by atoms with Crippen LogP contribution in [0.3, 0.4) is 0 Å². The SMILES string of the molecule is CCCN(CC(=O)N(CCC)CC(=O)N(CCC)CC(=O)N(CCC)CC(=O)N(CC(N)=O)Cc1cn(CCCNC(=O)CCCOc2c(C(C)(C)C)cc(-c3nc4ccc(-c5ccc(N6CCN(C)CC6)cc5)cc4[nH]3)cc2C(C)(C)C)nn1)C(=O)CNCc1cn(CCCNC(=O)CCCOc2c(C(C)(C)C)cc(-c3nc4ccc(-c5ccc(N6CCN(C)CC6)cc5)cc4[nH]3)cc2C(C)(C)C)nn1. The van der Waals surface area contributed by atoms with Crippen LogP contribution in [0.5, 0.6) is 11.5 Å². The fraction of sp³-hybridized carbons (Fsp3) is 0.537. The minimum atomic E-state index is -0.775. The minimum absolute atomic E-state index is 0.0738. The number of H-pyrrole nitrogens is 2. The second-order valence-electron chi connectivity index (χ2n) is 41.9. The maximum atomic E-state index is 14.3. The van der Waals surface area contributed by atoms with Crippen LogP contribution in [0, 0.1) is 0 Å². The highest BCUT2D eigenvalue weighted by Gasteiger charge is 2.35. The molecule has 141 heavy (non-hydrogen) atoms. The number of aromatic amines is 2. The van der Waals surface area contributed by atoms with Crippen LogP contribution in [0.15, 0.2) is 122 Å². The maximum Gasteiger partial charge on any atom is 0.243 e. The Bertz CT molecular complexity index is 5800. The highest BCUT2D eigenvalue weighted by Crippen LogP contribution is 2.46. The van der Waals surface area contributed by atoms with E-state index in [4.69, 9.17) is 25.2 Å². The Labute approximate surface area is 832 Å². The van der Waals surface area contributed by atoms with Crippen LogP contribution in [0.25, 0.3) is 67.1 Å². The lowest BCUT2D eigenvalue weighted by molar-refractivity contribution is -0.147. The van der Waals surface area contributed by atoms with Gasteiger partial charge in [-0.05, 0) is 182 Å². The number of hydrogen-bond acceptors (Lipinski definition) is 21. The van der Waals surface area contributed by atoms with Gasteiger partial charge in [0.25, 0.3) is 0 Å². The van der Waals surface area contributed by atoms with Crippen molar-refractivity contribution in [3.05, 3.63) is 155 Å². The van der Waals surface area contributed by atoms with Crippen molar-refractivity contribution >= 4 is 80.7 Å². The molecule has 0 bridgehead atoms. The Hall–Kier alpha value is -12.6. The molecule has 6 aromatic carbocycles. The number of piperazine rings is 2. The minimum Gasteiger partial charge on any atom is -0.493 e. The van der Waals surface area contributed by atoms with Gasteiger partial charge < -0.3 is 85.2 Å². The Kier molecular flexibility index (Phi) is 37.4. The molecule has 0 aliphatic carbocycles. The van der Waals surface area contributed by atoms with E-state index in [1.807, 2.05) is 27.7 Å². The number of aromatic nitrogens is 10. The number of ether oxygens (including phenoxy) is 2. The van der Waals surface area contributed by atoms with Crippen molar-refractivity contribution in [2.45, 2.75) is 223 Å². The molecule has 2 saturated heterocycles. The van der Waals surface area contributed by atoms with E-state index in [1.54, 1.807) is 21.8 Å². The zero-order chi connectivity index (χ0) is 101. The van der Waals surface area contributed by atoms with Gasteiger partial charge in [0.1, 0.15) is 28.8 Å². The van der Waals surface area contributed by atoms with Crippen LogP contribution >= 0.6 is 0 Å². The average Bonchev–Trinajstić information content (AvgIpc) is 1.74. The molecule has 6 heterocycles. The summed E-state index contributed by atoms with van der Waals surface area (Å²) < 4.78 is 16.7. The van der Waals surface area contributed by atoms with Crippen molar-refractivity contribution in [1.82, 2.24) is 100 Å². The topological polar surface area (TPSA) is 365 Å². The summed E-state index contributed by atoms with van der Waals surface area (Å²) >= 11 is 0.